The number of rotatable bonds is 4. The van der Waals surface area contributed by atoms with Crippen molar-refractivity contribution in [2.45, 2.75) is 12.1 Å². The Hall–Kier alpha value is -1.39. The third-order valence-corrected chi connectivity index (χ3v) is 2.04. The van der Waals surface area contributed by atoms with Gasteiger partial charge in [-0.3, -0.25) is 10.5 Å². The van der Waals surface area contributed by atoms with Crippen LogP contribution < -0.4 is 5.73 Å². The first-order chi connectivity index (χ1) is 6.58. The van der Waals surface area contributed by atoms with Gasteiger partial charge in [-0.1, -0.05) is 30.3 Å². The first kappa shape index (κ1) is 10.7. The highest BCUT2D eigenvalue weighted by molar-refractivity contribution is 5.68. The van der Waals surface area contributed by atoms with E-state index in [0.717, 1.165) is 0 Å². The predicted octanol–water partition coefficient (Wildman–Crippen LogP) is 0.919. The Bertz CT molecular complexity index is 312. The molecule has 0 aromatic heterocycles. The lowest BCUT2D eigenvalue weighted by Gasteiger charge is -2.26. The highest BCUT2D eigenvalue weighted by Crippen LogP contribution is 2.22. The van der Waals surface area contributed by atoms with Crippen LogP contribution in [-0.2, 0) is 15.3 Å². The molecule has 1 rings (SSSR count). The molecule has 1 aromatic rings. The van der Waals surface area contributed by atoms with Crippen LogP contribution in [0.1, 0.15) is 12.0 Å². The Labute approximate surface area is 82.3 Å². The van der Waals surface area contributed by atoms with Crippen LogP contribution in [0.15, 0.2) is 30.3 Å². The van der Waals surface area contributed by atoms with E-state index in [2.05, 4.69) is 0 Å². The zero-order chi connectivity index (χ0) is 10.6. The van der Waals surface area contributed by atoms with Gasteiger partial charge in [0, 0.05) is 7.11 Å². The van der Waals surface area contributed by atoms with Crippen LogP contribution in [0, 0.1) is 0 Å². The van der Waals surface area contributed by atoms with Crippen molar-refractivity contribution in [3.8, 4) is 0 Å². The second kappa shape index (κ2) is 4.21. The van der Waals surface area contributed by atoms with Crippen LogP contribution in [0.4, 0.5) is 0 Å². The SMILES string of the molecule is COC(N)(CC(=O)O)c1ccccc1. The molecule has 3 N–H and O–H groups in total. The molecule has 76 valence electrons. The van der Waals surface area contributed by atoms with Gasteiger partial charge >= 0.3 is 5.97 Å². The number of hydrogen-bond acceptors (Lipinski definition) is 3. The minimum absolute atomic E-state index is 0.256. The highest BCUT2D eigenvalue weighted by Gasteiger charge is 2.29. The maximum atomic E-state index is 10.6. The van der Waals surface area contributed by atoms with Gasteiger partial charge in [-0.2, -0.15) is 0 Å². The average molecular weight is 195 g/mol. The van der Waals surface area contributed by atoms with Crippen molar-refractivity contribution in [2.24, 2.45) is 5.73 Å². The van der Waals surface area contributed by atoms with E-state index in [0.29, 0.717) is 5.56 Å². The fraction of sp³-hybridized carbons (Fsp3) is 0.300. The minimum atomic E-state index is -1.24. The number of benzene rings is 1. The summed E-state index contributed by atoms with van der Waals surface area (Å²) < 4.78 is 5.03. The van der Waals surface area contributed by atoms with Gasteiger partial charge in [-0.05, 0) is 5.56 Å². The zero-order valence-corrected chi connectivity index (χ0v) is 7.93. The molecule has 1 unspecified atom stereocenters. The number of ether oxygens (including phenoxy) is 1. The Morgan fingerprint density at radius 1 is 1.50 bits per heavy atom. The lowest BCUT2D eigenvalue weighted by atomic mass is 10.0. The number of carboxylic acid groups (broad SMARTS) is 1. The quantitative estimate of drug-likeness (QED) is 0.701. The van der Waals surface area contributed by atoms with Crippen molar-refractivity contribution in [3.05, 3.63) is 35.9 Å². The first-order valence-corrected chi connectivity index (χ1v) is 4.20. The van der Waals surface area contributed by atoms with E-state index in [-0.39, 0.29) is 6.42 Å². The summed E-state index contributed by atoms with van der Waals surface area (Å²) in [5, 5.41) is 8.68. The molecule has 0 spiro atoms. The summed E-state index contributed by atoms with van der Waals surface area (Å²) >= 11 is 0. The predicted molar refractivity (Wildman–Crippen MR) is 51.6 cm³/mol. The van der Waals surface area contributed by atoms with Crippen LogP contribution >= 0.6 is 0 Å². The second-order valence-corrected chi connectivity index (χ2v) is 3.03. The molecule has 0 radical (unpaired) electrons. The Morgan fingerprint density at radius 3 is 2.50 bits per heavy atom. The summed E-state index contributed by atoms with van der Waals surface area (Å²) in [4.78, 5) is 10.6. The minimum Gasteiger partial charge on any atom is -0.481 e. The molecule has 0 aliphatic heterocycles. The molecule has 1 aromatic carbocycles. The first-order valence-electron chi connectivity index (χ1n) is 4.20. The van der Waals surface area contributed by atoms with Crippen molar-refractivity contribution in [3.63, 3.8) is 0 Å². The topological polar surface area (TPSA) is 72.5 Å². The third-order valence-electron chi connectivity index (χ3n) is 2.04. The van der Waals surface area contributed by atoms with Crippen LogP contribution in [0.25, 0.3) is 0 Å². The molecule has 0 saturated carbocycles. The van der Waals surface area contributed by atoms with Gasteiger partial charge in [0.05, 0.1) is 6.42 Å². The summed E-state index contributed by atoms with van der Waals surface area (Å²) in [7, 11) is 1.40. The number of carbonyl (C=O) groups is 1. The molecule has 0 heterocycles. The van der Waals surface area contributed by atoms with Crippen LogP contribution in [0.5, 0.6) is 0 Å². The summed E-state index contributed by atoms with van der Waals surface area (Å²) in [5.41, 5.74) is 5.23. The van der Waals surface area contributed by atoms with Gasteiger partial charge in [0.15, 0.2) is 5.72 Å². The second-order valence-electron chi connectivity index (χ2n) is 3.03. The third kappa shape index (κ3) is 2.31. The average Bonchev–Trinajstić information content (AvgIpc) is 2.18. The fourth-order valence-corrected chi connectivity index (χ4v) is 1.24. The molecule has 0 aliphatic rings. The Morgan fingerprint density at radius 2 is 2.07 bits per heavy atom. The van der Waals surface area contributed by atoms with Gasteiger partial charge < -0.3 is 9.84 Å². The van der Waals surface area contributed by atoms with Crippen LogP contribution in [-0.4, -0.2) is 18.2 Å². The van der Waals surface area contributed by atoms with Gasteiger partial charge in [0.2, 0.25) is 0 Å². The molecule has 0 saturated heterocycles. The molecular weight excluding hydrogens is 182 g/mol. The van der Waals surface area contributed by atoms with E-state index in [4.69, 9.17) is 15.6 Å². The number of carboxylic acids is 1. The Kier molecular flexibility index (Phi) is 3.22. The zero-order valence-electron chi connectivity index (χ0n) is 7.93. The molecule has 4 heteroatoms. The standard InChI is InChI=1S/C10H13NO3/c1-14-10(11,7-9(12)13)8-5-3-2-4-6-8/h2-6H,7,11H2,1H3,(H,12,13). The van der Waals surface area contributed by atoms with Gasteiger partial charge in [0.25, 0.3) is 0 Å². The van der Waals surface area contributed by atoms with E-state index in [9.17, 15) is 4.79 Å². The van der Waals surface area contributed by atoms with E-state index in [1.807, 2.05) is 6.07 Å². The lowest BCUT2D eigenvalue weighted by Crippen LogP contribution is -2.40. The van der Waals surface area contributed by atoms with Crippen LogP contribution in [0.3, 0.4) is 0 Å². The summed E-state index contributed by atoms with van der Waals surface area (Å²) in [6.07, 6.45) is -0.256. The molecule has 0 fully saturated rings. The van der Waals surface area contributed by atoms with E-state index < -0.39 is 11.7 Å². The number of hydrogen-bond donors (Lipinski definition) is 2. The molecule has 0 bridgehead atoms. The van der Waals surface area contributed by atoms with Gasteiger partial charge in [-0.25, -0.2) is 0 Å². The summed E-state index contributed by atoms with van der Waals surface area (Å²) in [5.74, 6) is -0.988. The summed E-state index contributed by atoms with van der Waals surface area (Å²) in [6.45, 7) is 0. The largest absolute Gasteiger partial charge is 0.481 e. The van der Waals surface area contributed by atoms with Crippen LogP contribution in [0.2, 0.25) is 0 Å². The monoisotopic (exact) mass is 195 g/mol. The molecular formula is C10H13NO3. The van der Waals surface area contributed by atoms with Crippen molar-refractivity contribution in [1.29, 1.82) is 0 Å². The van der Waals surface area contributed by atoms with Gasteiger partial charge in [-0.15, -0.1) is 0 Å². The maximum absolute atomic E-state index is 10.6. The summed E-state index contributed by atoms with van der Waals surface area (Å²) in [6, 6.07) is 8.90. The van der Waals surface area contributed by atoms with E-state index in [1.165, 1.54) is 7.11 Å². The van der Waals surface area contributed by atoms with E-state index in [1.54, 1.807) is 24.3 Å². The molecule has 0 amide bonds. The molecule has 1 atom stereocenters. The van der Waals surface area contributed by atoms with Crippen molar-refractivity contribution < 1.29 is 14.6 Å². The lowest BCUT2D eigenvalue weighted by molar-refractivity contribution is -0.144. The van der Waals surface area contributed by atoms with Gasteiger partial charge in [0.1, 0.15) is 0 Å². The Balaban J connectivity index is 2.95. The highest BCUT2D eigenvalue weighted by atomic mass is 16.5. The van der Waals surface area contributed by atoms with Crippen molar-refractivity contribution in [2.75, 3.05) is 7.11 Å². The fourth-order valence-electron chi connectivity index (χ4n) is 1.24. The van der Waals surface area contributed by atoms with Crippen molar-refractivity contribution >= 4 is 5.97 Å². The van der Waals surface area contributed by atoms with Crippen molar-refractivity contribution in [1.82, 2.24) is 0 Å². The number of nitrogens with two attached hydrogens (primary N) is 1. The molecule has 0 aliphatic carbocycles. The molecule has 14 heavy (non-hydrogen) atoms. The normalized spacial score (nSPS) is 14.7. The maximum Gasteiger partial charge on any atom is 0.308 e. The molecule has 4 nitrogen and oxygen atoms in total. The number of aliphatic carboxylic acids is 1. The smallest absolute Gasteiger partial charge is 0.308 e. The number of methoxy groups -OCH3 is 1. The van der Waals surface area contributed by atoms with E-state index >= 15 is 0 Å².